The third kappa shape index (κ3) is 3.53. The summed E-state index contributed by atoms with van der Waals surface area (Å²) in [5, 5.41) is 4.14. The van der Waals surface area contributed by atoms with Gasteiger partial charge >= 0.3 is 0 Å². The van der Waals surface area contributed by atoms with Crippen LogP contribution in [0.2, 0.25) is 5.02 Å². The maximum absolute atomic E-state index is 6.25. The highest BCUT2D eigenvalue weighted by Gasteiger charge is 2.09. The number of halogens is 2. The van der Waals surface area contributed by atoms with Gasteiger partial charge < -0.3 is 5.32 Å². The van der Waals surface area contributed by atoms with Crippen LogP contribution in [0.3, 0.4) is 0 Å². The molecule has 0 aliphatic heterocycles. The van der Waals surface area contributed by atoms with E-state index in [4.69, 9.17) is 18.0 Å². The highest BCUT2D eigenvalue weighted by Crippen LogP contribution is 2.28. The minimum Gasteiger partial charge on any atom is -0.378 e. The zero-order valence-electron chi connectivity index (χ0n) is 10.5. The van der Waals surface area contributed by atoms with Gasteiger partial charge in [-0.1, -0.05) is 45.6 Å². The normalized spacial score (nSPS) is 11.7. The number of benzene rings is 2. The van der Waals surface area contributed by atoms with Gasteiger partial charge in [-0.05, 0) is 42.8 Å². The maximum atomic E-state index is 6.25. The largest absolute Gasteiger partial charge is 0.378 e. The molecule has 19 heavy (non-hydrogen) atoms. The van der Waals surface area contributed by atoms with Gasteiger partial charge in [0.25, 0.3) is 0 Å². The highest BCUT2D eigenvalue weighted by atomic mass is 79.9. The second-order valence-electron chi connectivity index (χ2n) is 4.26. The molecular weight excluding hydrogens is 322 g/mol. The van der Waals surface area contributed by atoms with E-state index in [0.29, 0.717) is 0 Å². The summed E-state index contributed by atoms with van der Waals surface area (Å²) in [5.74, 6) is 2.63. The Bertz CT molecular complexity index is 631. The Morgan fingerprint density at radius 1 is 1.26 bits per heavy atom. The number of terminal acetylenes is 1. The first kappa shape index (κ1) is 14.0. The second kappa shape index (κ2) is 6.14. The zero-order chi connectivity index (χ0) is 13.8. The summed E-state index contributed by atoms with van der Waals surface area (Å²) in [5.41, 5.74) is 2.90. The molecule has 0 aromatic heterocycles. The molecule has 0 heterocycles. The topological polar surface area (TPSA) is 12.0 Å². The third-order valence-corrected chi connectivity index (χ3v) is 3.66. The van der Waals surface area contributed by atoms with E-state index in [1.807, 2.05) is 42.5 Å². The SMILES string of the molecule is C#Cc1cccc(NC(C)c2ccc(Br)cc2Cl)c1. The molecule has 2 aromatic carbocycles. The van der Waals surface area contributed by atoms with E-state index < -0.39 is 0 Å². The van der Waals surface area contributed by atoms with Crippen molar-refractivity contribution < 1.29 is 0 Å². The first-order valence-electron chi connectivity index (χ1n) is 5.88. The number of hydrogen-bond acceptors (Lipinski definition) is 1. The average Bonchev–Trinajstić information content (AvgIpc) is 2.38. The zero-order valence-corrected chi connectivity index (χ0v) is 12.8. The lowest BCUT2D eigenvalue weighted by Gasteiger charge is -2.17. The molecule has 0 saturated carbocycles. The molecule has 1 unspecified atom stereocenters. The monoisotopic (exact) mass is 333 g/mol. The van der Waals surface area contributed by atoms with E-state index in [1.54, 1.807) is 0 Å². The van der Waals surface area contributed by atoms with Crippen molar-refractivity contribution in [3.8, 4) is 12.3 Å². The molecule has 0 saturated heterocycles. The fraction of sp³-hybridized carbons (Fsp3) is 0.125. The van der Waals surface area contributed by atoms with E-state index in [9.17, 15) is 0 Å². The fourth-order valence-electron chi connectivity index (χ4n) is 1.88. The smallest absolute Gasteiger partial charge is 0.0500 e. The summed E-state index contributed by atoms with van der Waals surface area (Å²) in [4.78, 5) is 0. The Hall–Kier alpha value is -1.43. The van der Waals surface area contributed by atoms with Crippen LogP contribution in [0.15, 0.2) is 46.9 Å². The van der Waals surface area contributed by atoms with E-state index >= 15 is 0 Å². The van der Waals surface area contributed by atoms with Gasteiger partial charge in [-0.3, -0.25) is 0 Å². The van der Waals surface area contributed by atoms with Crippen molar-refractivity contribution in [1.29, 1.82) is 0 Å². The molecule has 0 radical (unpaired) electrons. The molecule has 0 fully saturated rings. The van der Waals surface area contributed by atoms with Gasteiger partial charge in [0.1, 0.15) is 0 Å². The predicted molar refractivity (Wildman–Crippen MR) is 85.6 cm³/mol. The molecule has 0 bridgehead atoms. The molecule has 96 valence electrons. The number of rotatable bonds is 3. The fourth-order valence-corrected chi connectivity index (χ4v) is 2.72. The van der Waals surface area contributed by atoms with E-state index in [1.165, 1.54) is 0 Å². The van der Waals surface area contributed by atoms with Gasteiger partial charge in [-0.15, -0.1) is 6.42 Å². The van der Waals surface area contributed by atoms with Crippen LogP contribution in [0, 0.1) is 12.3 Å². The van der Waals surface area contributed by atoms with Gasteiger partial charge in [0.15, 0.2) is 0 Å². The number of hydrogen-bond donors (Lipinski definition) is 1. The van der Waals surface area contributed by atoms with Gasteiger partial charge in [-0.25, -0.2) is 0 Å². The minimum absolute atomic E-state index is 0.105. The van der Waals surface area contributed by atoms with Gasteiger partial charge in [0, 0.05) is 26.8 Å². The molecule has 0 amide bonds. The van der Waals surface area contributed by atoms with Crippen molar-refractivity contribution in [2.45, 2.75) is 13.0 Å². The highest BCUT2D eigenvalue weighted by molar-refractivity contribution is 9.10. The summed E-state index contributed by atoms with van der Waals surface area (Å²) in [6.07, 6.45) is 5.40. The van der Waals surface area contributed by atoms with Crippen LogP contribution < -0.4 is 5.32 Å². The third-order valence-electron chi connectivity index (χ3n) is 2.84. The summed E-state index contributed by atoms with van der Waals surface area (Å²) in [6.45, 7) is 2.07. The van der Waals surface area contributed by atoms with Crippen molar-refractivity contribution in [2.75, 3.05) is 5.32 Å². The quantitative estimate of drug-likeness (QED) is 0.755. The predicted octanol–water partition coefficient (Wildman–Crippen LogP) is 5.26. The number of anilines is 1. The van der Waals surface area contributed by atoms with Crippen LogP contribution in [0.4, 0.5) is 5.69 Å². The Morgan fingerprint density at radius 2 is 2.05 bits per heavy atom. The van der Waals surface area contributed by atoms with Crippen molar-refractivity contribution in [2.24, 2.45) is 0 Å². The molecule has 2 aromatic rings. The van der Waals surface area contributed by atoms with Gasteiger partial charge in [-0.2, -0.15) is 0 Å². The summed E-state index contributed by atoms with van der Waals surface area (Å²) >= 11 is 9.65. The summed E-state index contributed by atoms with van der Waals surface area (Å²) in [6, 6.07) is 13.8. The Labute approximate surface area is 127 Å². The number of nitrogens with one attached hydrogen (secondary N) is 1. The Kier molecular flexibility index (Phi) is 4.52. The van der Waals surface area contributed by atoms with E-state index in [2.05, 4.69) is 34.1 Å². The molecule has 0 spiro atoms. The van der Waals surface area contributed by atoms with Crippen LogP contribution in [0.5, 0.6) is 0 Å². The van der Waals surface area contributed by atoms with E-state index in [0.717, 1.165) is 26.3 Å². The maximum Gasteiger partial charge on any atom is 0.0500 e. The molecule has 0 aliphatic rings. The summed E-state index contributed by atoms with van der Waals surface area (Å²) < 4.78 is 0.975. The van der Waals surface area contributed by atoms with Crippen molar-refractivity contribution in [3.63, 3.8) is 0 Å². The Balaban J connectivity index is 2.20. The second-order valence-corrected chi connectivity index (χ2v) is 5.58. The molecule has 0 aliphatic carbocycles. The van der Waals surface area contributed by atoms with Gasteiger partial charge in [0.05, 0.1) is 0 Å². The lowest BCUT2D eigenvalue weighted by Crippen LogP contribution is -2.07. The first-order valence-corrected chi connectivity index (χ1v) is 7.05. The van der Waals surface area contributed by atoms with Crippen LogP contribution in [0.25, 0.3) is 0 Å². The standard InChI is InChI=1S/C16H13BrClN/c1-3-12-5-4-6-14(9-12)19-11(2)15-8-7-13(17)10-16(15)18/h1,4-11,19H,2H3. The van der Waals surface area contributed by atoms with Crippen LogP contribution >= 0.6 is 27.5 Å². The van der Waals surface area contributed by atoms with Crippen LogP contribution in [0.1, 0.15) is 24.1 Å². The van der Waals surface area contributed by atoms with Crippen molar-refractivity contribution >= 4 is 33.2 Å². The molecular formula is C16H13BrClN. The van der Waals surface area contributed by atoms with Gasteiger partial charge in [0.2, 0.25) is 0 Å². The lowest BCUT2D eigenvalue weighted by atomic mass is 10.1. The first-order chi connectivity index (χ1) is 9.10. The van der Waals surface area contributed by atoms with E-state index in [-0.39, 0.29) is 6.04 Å². The minimum atomic E-state index is 0.105. The molecule has 1 N–H and O–H groups in total. The molecule has 1 atom stereocenters. The van der Waals surface area contributed by atoms with Crippen molar-refractivity contribution in [1.82, 2.24) is 0 Å². The molecule has 1 nitrogen and oxygen atoms in total. The van der Waals surface area contributed by atoms with Crippen molar-refractivity contribution in [3.05, 3.63) is 63.1 Å². The lowest BCUT2D eigenvalue weighted by molar-refractivity contribution is 0.884. The molecule has 2 rings (SSSR count). The molecule has 3 heteroatoms. The summed E-state index contributed by atoms with van der Waals surface area (Å²) in [7, 11) is 0. The Morgan fingerprint density at radius 3 is 2.74 bits per heavy atom. The average molecular weight is 335 g/mol. The van der Waals surface area contributed by atoms with Crippen LogP contribution in [-0.2, 0) is 0 Å². The van der Waals surface area contributed by atoms with Crippen LogP contribution in [-0.4, -0.2) is 0 Å².